The lowest BCUT2D eigenvalue weighted by atomic mass is 9.37. The van der Waals surface area contributed by atoms with Crippen LogP contribution in [0.25, 0.3) is 49.4 Å². The Morgan fingerprint density at radius 2 is 1.09 bits per heavy atom. The van der Waals surface area contributed by atoms with Gasteiger partial charge in [0, 0.05) is 16.2 Å². The largest absolute Gasteiger partial charge is 0.455 e. The van der Waals surface area contributed by atoms with Gasteiger partial charge in [-0.3, -0.25) is 0 Å². The van der Waals surface area contributed by atoms with Crippen LogP contribution in [0.2, 0.25) is 0 Å². The summed E-state index contributed by atoms with van der Waals surface area (Å²) in [6.45, 7) is 17.4. The van der Waals surface area contributed by atoms with Crippen molar-refractivity contribution in [3.63, 3.8) is 0 Å². The van der Waals surface area contributed by atoms with Gasteiger partial charge in [-0.05, 0) is 79.7 Å². The molecule has 0 saturated carbocycles. The van der Waals surface area contributed by atoms with Crippen molar-refractivity contribution in [1.82, 2.24) is 14.5 Å². The lowest BCUT2D eigenvalue weighted by Gasteiger charge is -2.24. The van der Waals surface area contributed by atoms with Gasteiger partial charge in [-0.15, -0.1) is 0 Å². The molecule has 0 spiro atoms. The molecule has 230 valence electrons. The Hall–Kier alpha value is -5.16. The normalized spacial score (nSPS) is 11.8. The summed E-state index contributed by atoms with van der Waals surface area (Å²) in [7, 11) is 0. The second kappa shape index (κ2) is 10.7. The number of hydrogen-bond acceptors (Lipinski definition) is 3. The van der Waals surface area contributed by atoms with E-state index in [-0.39, 0.29) is 6.71 Å². The molecule has 5 heteroatoms. The quantitative estimate of drug-likeness (QED) is 0.188. The summed E-state index contributed by atoms with van der Waals surface area (Å²) < 4.78 is 8.89. The van der Waals surface area contributed by atoms with Crippen molar-refractivity contribution in [3.8, 4) is 5.69 Å². The third-order valence-electron chi connectivity index (χ3n) is 9.97. The van der Waals surface area contributed by atoms with Crippen molar-refractivity contribution in [1.29, 1.82) is 0 Å². The maximum atomic E-state index is 6.55. The highest BCUT2D eigenvalue weighted by Crippen LogP contribution is 2.40. The molecule has 0 saturated heterocycles. The average molecular weight is 612 g/mol. The number of benzene rings is 5. The fourth-order valence-corrected chi connectivity index (χ4v) is 8.36. The standard InChI is InChI=1S/C42H38BN3O/c1-23-19-25(3)38(26(4)20-23)43(39-27(5)21-24(2)22-28(39)6)42-44-29(7)40(30(8)45-42)46-34-15-11-9-14-33(34)37-35(46)18-17-32-31-13-10-12-16-36(31)47-41(32)37/h9-22H,1-8H3. The summed E-state index contributed by atoms with van der Waals surface area (Å²) >= 11 is 0. The van der Waals surface area contributed by atoms with E-state index in [4.69, 9.17) is 14.4 Å². The van der Waals surface area contributed by atoms with Crippen molar-refractivity contribution >= 4 is 67.1 Å². The SMILES string of the molecule is Cc1cc(C)c(B(c2nc(C)c(-n3c4ccccc4c4c5oc6ccccc6c5ccc43)c(C)n2)c2c(C)cc(C)cc2C)c(C)c1. The molecule has 0 atom stereocenters. The van der Waals surface area contributed by atoms with Gasteiger partial charge in [0.1, 0.15) is 11.2 Å². The number of para-hydroxylation sites is 2. The highest BCUT2D eigenvalue weighted by atomic mass is 16.3. The Kier molecular flexibility index (Phi) is 6.66. The highest BCUT2D eigenvalue weighted by molar-refractivity contribution is 6.95. The summed E-state index contributed by atoms with van der Waals surface area (Å²) in [5.41, 5.74) is 18.0. The van der Waals surface area contributed by atoms with Crippen LogP contribution in [0.1, 0.15) is 44.8 Å². The van der Waals surface area contributed by atoms with Gasteiger partial charge in [-0.1, -0.05) is 105 Å². The third-order valence-corrected chi connectivity index (χ3v) is 9.97. The molecule has 0 bridgehead atoms. The molecule has 0 unspecified atom stereocenters. The van der Waals surface area contributed by atoms with Crippen molar-refractivity contribution < 1.29 is 4.42 Å². The first-order valence-electron chi connectivity index (χ1n) is 16.5. The third kappa shape index (κ3) is 4.44. The number of rotatable bonds is 4. The van der Waals surface area contributed by atoms with Crippen LogP contribution in [0, 0.1) is 55.4 Å². The highest BCUT2D eigenvalue weighted by Gasteiger charge is 2.32. The molecular weight excluding hydrogens is 573 g/mol. The van der Waals surface area contributed by atoms with Crippen molar-refractivity contribution in [2.75, 3.05) is 0 Å². The second-order valence-corrected chi connectivity index (χ2v) is 13.4. The molecule has 0 aliphatic rings. The van der Waals surface area contributed by atoms with Crippen LogP contribution in [-0.4, -0.2) is 21.2 Å². The van der Waals surface area contributed by atoms with Crippen LogP contribution in [0.3, 0.4) is 0 Å². The Morgan fingerprint density at radius 1 is 0.553 bits per heavy atom. The second-order valence-electron chi connectivity index (χ2n) is 13.4. The molecule has 0 N–H and O–H groups in total. The zero-order valence-electron chi connectivity index (χ0n) is 28.4. The van der Waals surface area contributed by atoms with Crippen molar-refractivity contribution in [2.45, 2.75) is 55.4 Å². The van der Waals surface area contributed by atoms with Gasteiger partial charge in [0.2, 0.25) is 0 Å². The van der Waals surface area contributed by atoms with E-state index in [1.165, 1.54) is 44.3 Å². The monoisotopic (exact) mass is 611 g/mol. The van der Waals surface area contributed by atoms with E-state index in [9.17, 15) is 0 Å². The summed E-state index contributed by atoms with van der Waals surface area (Å²) in [6, 6.07) is 30.5. The van der Waals surface area contributed by atoms with Crippen molar-refractivity contribution in [3.05, 3.63) is 130 Å². The first kappa shape index (κ1) is 29.3. The predicted molar refractivity (Wildman–Crippen MR) is 199 cm³/mol. The fourth-order valence-electron chi connectivity index (χ4n) is 8.36. The number of furan rings is 1. The number of fused-ring (bicyclic) bond motifs is 7. The molecule has 0 aliphatic carbocycles. The summed E-state index contributed by atoms with van der Waals surface area (Å²) in [4.78, 5) is 10.8. The topological polar surface area (TPSA) is 43.9 Å². The van der Waals surface area contributed by atoms with Crippen LogP contribution in [0.4, 0.5) is 0 Å². The lowest BCUT2D eigenvalue weighted by molar-refractivity contribution is 0.673. The van der Waals surface area contributed by atoms with Crippen LogP contribution in [-0.2, 0) is 0 Å². The molecule has 8 rings (SSSR count). The van der Waals surface area contributed by atoms with Gasteiger partial charge in [-0.2, -0.15) is 0 Å². The van der Waals surface area contributed by atoms with Crippen LogP contribution in [0.5, 0.6) is 0 Å². The number of aromatic nitrogens is 3. The molecule has 4 nitrogen and oxygen atoms in total. The Balaban J connectivity index is 1.41. The predicted octanol–water partition coefficient (Wildman–Crippen LogP) is 8.46. The minimum atomic E-state index is -0.0871. The van der Waals surface area contributed by atoms with E-state index in [2.05, 4.69) is 133 Å². The number of aryl methyl sites for hydroxylation is 8. The van der Waals surface area contributed by atoms with E-state index in [1.54, 1.807) is 0 Å². The van der Waals surface area contributed by atoms with Gasteiger partial charge in [0.05, 0.1) is 39.2 Å². The minimum Gasteiger partial charge on any atom is -0.455 e. The van der Waals surface area contributed by atoms with Crippen LogP contribution in [0.15, 0.2) is 89.3 Å². The summed E-state index contributed by atoms with van der Waals surface area (Å²) in [5, 5.41) is 4.54. The van der Waals surface area contributed by atoms with Gasteiger partial charge < -0.3 is 8.98 Å². The van der Waals surface area contributed by atoms with E-state index >= 15 is 0 Å². The maximum absolute atomic E-state index is 6.55. The lowest BCUT2D eigenvalue weighted by Crippen LogP contribution is -2.58. The zero-order chi connectivity index (χ0) is 32.7. The fraction of sp³-hybridized carbons (Fsp3) is 0.190. The molecule has 0 aliphatic heterocycles. The van der Waals surface area contributed by atoms with Gasteiger partial charge in [0.15, 0.2) is 0 Å². The molecule has 8 aromatic rings. The molecule has 0 amide bonds. The molecule has 5 aromatic carbocycles. The summed E-state index contributed by atoms with van der Waals surface area (Å²) in [5.74, 6) is 0. The van der Waals surface area contributed by atoms with E-state index < -0.39 is 0 Å². The van der Waals surface area contributed by atoms with Gasteiger partial charge in [0.25, 0.3) is 6.71 Å². The summed E-state index contributed by atoms with van der Waals surface area (Å²) in [6.07, 6.45) is 0. The van der Waals surface area contributed by atoms with E-state index in [1.807, 2.05) is 12.1 Å². The molecular formula is C42H38BN3O. The molecule has 3 aromatic heterocycles. The first-order valence-corrected chi connectivity index (χ1v) is 16.5. The molecule has 0 fully saturated rings. The molecule has 47 heavy (non-hydrogen) atoms. The van der Waals surface area contributed by atoms with E-state index in [0.29, 0.717) is 0 Å². The average Bonchev–Trinajstić information content (AvgIpc) is 3.55. The number of hydrogen-bond donors (Lipinski definition) is 0. The van der Waals surface area contributed by atoms with E-state index in [0.717, 1.165) is 66.5 Å². The number of nitrogens with zero attached hydrogens (tertiary/aromatic N) is 3. The molecule has 3 heterocycles. The first-order chi connectivity index (χ1) is 22.6. The van der Waals surface area contributed by atoms with Crippen LogP contribution < -0.4 is 16.6 Å². The maximum Gasteiger partial charge on any atom is 0.291 e. The Bertz CT molecular complexity index is 2440. The van der Waals surface area contributed by atoms with Crippen LogP contribution >= 0.6 is 0 Å². The zero-order valence-corrected chi connectivity index (χ0v) is 28.4. The molecule has 0 radical (unpaired) electrons. The van der Waals surface area contributed by atoms with Gasteiger partial charge >= 0.3 is 0 Å². The Morgan fingerprint density at radius 3 is 1.68 bits per heavy atom. The van der Waals surface area contributed by atoms with Crippen molar-refractivity contribution in [2.24, 2.45) is 0 Å². The van der Waals surface area contributed by atoms with Gasteiger partial charge in [-0.25, -0.2) is 9.97 Å². The smallest absolute Gasteiger partial charge is 0.291 e. The Labute approximate surface area is 276 Å². The minimum absolute atomic E-state index is 0.0871.